The summed E-state index contributed by atoms with van der Waals surface area (Å²) in [5.74, 6) is -1.44. The third-order valence-electron chi connectivity index (χ3n) is 3.91. The van der Waals surface area contributed by atoms with Crippen molar-refractivity contribution in [2.45, 2.75) is 24.0 Å². The predicted molar refractivity (Wildman–Crippen MR) is 100 cm³/mol. The number of rotatable bonds is 7. The summed E-state index contributed by atoms with van der Waals surface area (Å²) in [5, 5.41) is 13.8. The molecule has 0 aliphatic carbocycles. The zero-order valence-corrected chi connectivity index (χ0v) is 15.8. The zero-order chi connectivity index (χ0) is 21.8. The van der Waals surface area contributed by atoms with E-state index in [4.69, 9.17) is 5.73 Å². The van der Waals surface area contributed by atoms with Crippen LogP contribution in [0.3, 0.4) is 0 Å². The Bertz CT molecular complexity index is 933. The Labute approximate surface area is 167 Å². The number of hydrogen-bond donors (Lipinski definition) is 2. The van der Waals surface area contributed by atoms with Crippen molar-refractivity contribution < 1.29 is 27.7 Å². The van der Waals surface area contributed by atoms with Crippen LogP contribution in [0.2, 0.25) is 0 Å². The smallest absolute Gasteiger partial charge is 0.366 e. The van der Waals surface area contributed by atoms with Crippen molar-refractivity contribution >= 4 is 29.3 Å². The van der Waals surface area contributed by atoms with Crippen LogP contribution in [0, 0.1) is 10.1 Å². The average Bonchev–Trinajstić information content (AvgIpc) is 2.65. The number of amides is 2. The lowest BCUT2D eigenvalue weighted by molar-refractivity contribution is -0.387. The largest absolute Gasteiger partial charge is 0.416 e. The highest BCUT2D eigenvalue weighted by Gasteiger charge is 2.30. The number of nitrogens with zero attached hydrogens (tertiary/aromatic N) is 1. The van der Waals surface area contributed by atoms with Crippen LogP contribution in [0.5, 0.6) is 0 Å². The molecule has 0 heterocycles. The molecule has 2 aromatic carbocycles. The molecule has 3 N–H and O–H groups in total. The van der Waals surface area contributed by atoms with Crippen LogP contribution < -0.4 is 11.1 Å². The fourth-order valence-electron chi connectivity index (χ4n) is 2.41. The maximum Gasteiger partial charge on any atom is 0.416 e. The molecule has 2 rings (SSSR count). The Kier molecular flexibility index (Phi) is 6.85. The molecule has 0 radical (unpaired) electrons. The van der Waals surface area contributed by atoms with Crippen molar-refractivity contribution in [2.75, 3.05) is 5.75 Å². The van der Waals surface area contributed by atoms with Gasteiger partial charge in [-0.2, -0.15) is 13.2 Å². The number of carbonyl (C=O) groups excluding carboxylic acids is 2. The van der Waals surface area contributed by atoms with Crippen LogP contribution in [0.15, 0.2) is 47.4 Å². The van der Waals surface area contributed by atoms with Gasteiger partial charge in [0.05, 0.1) is 27.2 Å². The zero-order valence-electron chi connectivity index (χ0n) is 15.0. The second kappa shape index (κ2) is 8.95. The number of benzene rings is 2. The van der Waals surface area contributed by atoms with Gasteiger partial charge in [-0.05, 0) is 36.8 Å². The summed E-state index contributed by atoms with van der Waals surface area (Å²) >= 11 is 0.892. The summed E-state index contributed by atoms with van der Waals surface area (Å²) in [6, 6.07) is 7.52. The summed E-state index contributed by atoms with van der Waals surface area (Å²) in [5.41, 5.74) is 4.41. The van der Waals surface area contributed by atoms with Crippen LogP contribution in [-0.4, -0.2) is 22.5 Å². The van der Waals surface area contributed by atoms with Gasteiger partial charge in [-0.1, -0.05) is 12.1 Å². The Morgan fingerprint density at radius 1 is 1.21 bits per heavy atom. The third kappa shape index (κ3) is 5.95. The molecule has 0 fully saturated rings. The molecule has 0 aliphatic heterocycles. The van der Waals surface area contributed by atoms with E-state index in [0.717, 1.165) is 30.0 Å². The van der Waals surface area contributed by atoms with Crippen LogP contribution >= 0.6 is 11.8 Å². The van der Waals surface area contributed by atoms with Gasteiger partial charge in [-0.3, -0.25) is 19.7 Å². The SMILES string of the molecule is CC(NC(=O)CSc1ccc(C(N)=O)cc1[N+](=O)[O-])c1ccc(C(F)(F)F)cc1. The second-order valence-electron chi connectivity index (χ2n) is 6.00. The van der Waals surface area contributed by atoms with Crippen LogP contribution in [-0.2, 0) is 11.0 Å². The van der Waals surface area contributed by atoms with Gasteiger partial charge >= 0.3 is 6.18 Å². The van der Waals surface area contributed by atoms with E-state index in [2.05, 4.69) is 5.32 Å². The van der Waals surface area contributed by atoms with E-state index >= 15 is 0 Å². The minimum absolute atomic E-state index is 0.0265. The summed E-state index contributed by atoms with van der Waals surface area (Å²) in [6.45, 7) is 1.61. The monoisotopic (exact) mass is 427 g/mol. The van der Waals surface area contributed by atoms with Gasteiger partial charge in [0.15, 0.2) is 0 Å². The summed E-state index contributed by atoms with van der Waals surface area (Å²) < 4.78 is 37.8. The summed E-state index contributed by atoms with van der Waals surface area (Å²) in [6.07, 6.45) is -4.44. The van der Waals surface area contributed by atoms with Gasteiger partial charge in [0.25, 0.3) is 5.69 Å². The van der Waals surface area contributed by atoms with Gasteiger partial charge < -0.3 is 11.1 Å². The Morgan fingerprint density at radius 3 is 2.34 bits per heavy atom. The molecule has 29 heavy (non-hydrogen) atoms. The molecular formula is C18H16F3N3O4S. The molecule has 0 aliphatic rings. The Hall–Kier alpha value is -3.08. The lowest BCUT2D eigenvalue weighted by atomic mass is 10.1. The minimum Gasteiger partial charge on any atom is -0.366 e. The first-order valence-electron chi connectivity index (χ1n) is 8.16. The lowest BCUT2D eigenvalue weighted by Crippen LogP contribution is -2.28. The number of nitro benzene ring substituents is 1. The number of hydrogen-bond acceptors (Lipinski definition) is 5. The van der Waals surface area contributed by atoms with Crippen LogP contribution in [0.1, 0.15) is 34.5 Å². The molecule has 0 saturated carbocycles. The molecule has 0 bridgehead atoms. The molecule has 11 heteroatoms. The summed E-state index contributed by atoms with van der Waals surface area (Å²) in [4.78, 5) is 33.9. The van der Waals surface area contributed by atoms with Gasteiger partial charge in [-0.25, -0.2) is 0 Å². The molecular weight excluding hydrogens is 411 g/mol. The first-order chi connectivity index (χ1) is 13.5. The fourth-order valence-corrected chi connectivity index (χ4v) is 3.22. The van der Waals surface area contributed by atoms with E-state index in [1.54, 1.807) is 6.92 Å². The quantitative estimate of drug-likeness (QED) is 0.397. The number of thioether (sulfide) groups is 1. The molecule has 1 atom stereocenters. The normalized spacial score (nSPS) is 12.3. The molecule has 1 unspecified atom stereocenters. The highest BCUT2D eigenvalue weighted by molar-refractivity contribution is 8.00. The van der Waals surface area contributed by atoms with E-state index in [1.807, 2.05) is 0 Å². The first kappa shape index (κ1) is 22.2. The van der Waals surface area contributed by atoms with Crippen molar-refractivity contribution in [1.29, 1.82) is 0 Å². The number of nitrogens with two attached hydrogens (primary N) is 1. The van der Waals surface area contributed by atoms with E-state index in [1.165, 1.54) is 24.3 Å². The average molecular weight is 427 g/mol. The van der Waals surface area contributed by atoms with Crippen molar-refractivity contribution in [1.82, 2.24) is 5.32 Å². The fraction of sp³-hybridized carbons (Fsp3) is 0.222. The Balaban J connectivity index is 2.01. The van der Waals surface area contributed by atoms with Crippen molar-refractivity contribution in [3.8, 4) is 0 Å². The van der Waals surface area contributed by atoms with Crippen molar-refractivity contribution in [2.24, 2.45) is 5.73 Å². The maximum atomic E-state index is 12.6. The molecule has 0 spiro atoms. The number of halogens is 3. The molecule has 0 saturated heterocycles. The van der Waals surface area contributed by atoms with Gasteiger partial charge in [-0.15, -0.1) is 11.8 Å². The number of nitro groups is 1. The maximum absolute atomic E-state index is 12.6. The second-order valence-corrected chi connectivity index (χ2v) is 7.02. The third-order valence-corrected chi connectivity index (χ3v) is 4.98. The number of primary amides is 1. The van der Waals surface area contributed by atoms with E-state index in [9.17, 15) is 32.9 Å². The Morgan fingerprint density at radius 2 is 1.83 bits per heavy atom. The highest BCUT2D eigenvalue weighted by atomic mass is 32.2. The van der Waals surface area contributed by atoms with Crippen molar-refractivity contribution in [3.05, 3.63) is 69.3 Å². The van der Waals surface area contributed by atoms with E-state index < -0.39 is 34.5 Å². The van der Waals surface area contributed by atoms with E-state index in [0.29, 0.717) is 5.56 Å². The van der Waals surface area contributed by atoms with Gasteiger partial charge in [0, 0.05) is 11.6 Å². The number of alkyl halides is 3. The number of carbonyl (C=O) groups is 2. The minimum atomic E-state index is -4.44. The number of nitrogens with one attached hydrogen (secondary N) is 1. The molecule has 154 valence electrons. The topological polar surface area (TPSA) is 115 Å². The van der Waals surface area contributed by atoms with E-state index in [-0.39, 0.29) is 21.9 Å². The highest BCUT2D eigenvalue weighted by Crippen LogP contribution is 2.31. The van der Waals surface area contributed by atoms with Crippen LogP contribution in [0.4, 0.5) is 18.9 Å². The predicted octanol–water partition coefficient (Wildman–Crippen LogP) is 3.68. The van der Waals surface area contributed by atoms with Crippen LogP contribution in [0.25, 0.3) is 0 Å². The first-order valence-corrected chi connectivity index (χ1v) is 9.15. The summed E-state index contributed by atoms with van der Waals surface area (Å²) in [7, 11) is 0. The van der Waals surface area contributed by atoms with Crippen molar-refractivity contribution in [3.63, 3.8) is 0 Å². The van der Waals surface area contributed by atoms with Gasteiger partial charge in [0.2, 0.25) is 11.8 Å². The molecule has 7 nitrogen and oxygen atoms in total. The molecule has 2 amide bonds. The lowest BCUT2D eigenvalue weighted by Gasteiger charge is -2.15. The molecule has 0 aromatic heterocycles. The standard InChI is InChI=1S/C18H16F3N3O4S/c1-10(11-2-5-13(6-3-11)18(19,20)21)23-16(25)9-29-15-7-4-12(17(22)26)8-14(15)24(27)28/h2-8,10H,9H2,1H3,(H2,22,26)(H,23,25). The molecule has 2 aromatic rings. The van der Waals surface area contributed by atoms with Gasteiger partial charge in [0.1, 0.15) is 0 Å².